The number of nitrogens with zero attached hydrogens (tertiary/aromatic N) is 1. The summed E-state index contributed by atoms with van der Waals surface area (Å²) in [4.78, 5) is 2.43. The topological polar surface area (TPSA) is 21.7 Å². The smallest absolute Gasteiger partial charge is 0.135 e. The second kappa shape index (κ2) is 7.97. The Bertz CT molecular complexity index is 565. The Morgan fingerprint density at radius 1 is 1.05 bits per heavy atom. The van der Waals surface area contributed by atoms with Crippen LogP contribution in [-0.2, 0) is 4.74 Å². The van der Waals surface area contributed by atoms with E-state index >= 15 is 0 Å². The van der Waals surface area contributed by atoms with Crippen LogP contribution in [0.2, 0.25) is 0 Å². The van der Waals surface area contributed by atoms with Crippen molar-refractivity contribution < 1.29 is 9.47 Å². The third-order valence-corrected chi connectivity index (χ3v) is 3.87. The van der Waals surface area contributed by atoms with E-state index in [1.807, 2.05) is 30.3 Å². The van der Waals surface area contributed by atoms with Crippen LogP contribution in [0.15, 0.2) is 48.5 Å². The Hall–Kier alpha value is -1.84. The standard InChI is InChI=1S/C19H22NO2/c1-2-7-17(8-3-1)18-9-4-5-10-19(18)22-14-6-11-20-12-15-21-16-13-20/h1-5,7-9H,6,11-16H2. The van der Waals surface area contributed by atoms with Gasteiger partial charge >= 0.3 is 0 Å². The van der Waals surface area contributed by atoms with Crippen LogP contribution >= 0.6 is 0 Å². The second-order valence-electron chi connectivity index (χ2n) is 5.43. The van der Waals surface area contributed by atoms with Crippen LogP contribution in [0.4, 0.5) is 0 Å². The van der Waals surface area contributed by atoms with Crippen molar-refractivity contribution in [2.45, 2.75) is 6.42 Å². The van der Waals surface area contributed by atoms with Crippen LogP contribution in [0.5, 0.6) is 5.75 Å². The lowest BCUT2D eigenvalue weighted by Gasteiger charge is -2.26. The van der Waals surface area contributed by atoms with Crippen molar-refractivity contribution in [1.82, 2.24) is 4.90 Å². The summed E-state index contributed by atoms with van der Waals surface area (Å²) in [6.07, 6.45) is 1.02. The van der Waals surface area contributed by atoms with E-state index in [4.69, 9.17) is 9.47 Å². The zero-order valence-corrected chi connectivity index (χ0v) is 12.8. The maximum atomic E-state index is 5.97. The number of hydrogen-bond donors (Lipinski definition) is 0. The first-order chi connectivity index (χ1) is 10.9. The van der Waals surface area contributed by atoms with Crippen molar-refractivity contribution in [1.29, 1.82) is 0 Å². The third-order valence-electron chi connectivity index (χ3n) is 3.87. The van der Waals surface area contributed by atoms with E-state index < -0.39 is 0 Å². The molecule has 1 radical (unpaired) electrons. The van der Waals surface area contributed by atoms with Gasteiger partial charge in [-0.2, -0.15) is 0 Å². The van der Waals surface area contributed by atoms with Gasteiger partial charge in [0, 0.05) is 31.3 Å². The summed E-state index contributed by atoms with van der Waals surface area (Å²) in [6, 6.07) is 19.5. The van der Waals surface area contributed by atoms with Crippen LogP contribution in [-0.4, -0.2) is 44.4 Å². The van der Waals surface area contributed by atoms with Crippen molar-refractivity contribution in [3.8, 4) is 16.9 Å². The molecule has 0 N–H and O–H groups in total. The molecule has 3 heteroatoms. The molecule has 1 fully saturated rings. The Labute approximate surface area is 132 Å². The van der Waals surface area contributed by atoms with Crippen LogP contribution in [0.25, 0.3) is 11.1 Å². The summed E-state index contributed by atoms with van der Waals surface area (Å²) in [7, 11) is 0. The van der Waals surface area contributed by atoms with Gasteiger partial charge in [0.2, 0.25) is 0 Å². The quantitative estimate of drug-likeness (QED) is 0.764. The molecular formula is C19H22NO2. The minimum absolute atomic E-state index is 0.720. The highest BCUT2D eigenvalue weighted by molar-refractivity contribution is 5.69. The van der Waals surface area contributed by atoms with Crippen LogP contribution in [0.1, 0.15) is 6.42 Å². The normalized spacial score (nSPS) is 15.6. The molecule has 0 aliphatic carbocycles. The maximum Gasteiger partial charge on any atom is 0.135 e. The second-order valence-corrected chi connectivity index (χ2v) is 5.43. The molecule has 0 atom stereocenters. The Balaban J connectivity index is 1.54. The van der Waals surface area contributed by atoms with E-state index in [9.17, 15) is 0 Å². The predicted molar refractivity (Wildman–Crippen MR) is 88.1 cm³/mol. The first-order valence-electron chi connectivity index (χ1n) is 7.92. The minimum atomic E-state index is 0.720. The SMILES string of the molecule is [c]1cccc(-c2ccccc2)c1OCCCN1CCOCC1. The summed E-state index contributed by atoms with van der Waals surface area (Å²) in [5.74, 6) is 0.843. The fraction of sp³-hybridized carbons (Fsp3) is 0.368. The molecule has 2 aromatic carbocycles. The van der Waals surface area contributed by atoms with Crippen LogP contribution < -0.4 is 4.74 Å². The molecule has 0 spiro atoms. The summed E-state index contributed by atoms with van der Waals surface area (Å²) in [6.45, 7) is 5.56. The molecule has 3 nitrogen and oxygen atoms in total. The number of rotatable bonds is 6. The molecule has 0 aromatic heterocycles. The molecule has 0 unspecified atom stereocenters. The Kier molecular flexibility index (Phi) is 5.46. The van der Waals surface area contributed by atoms with Crippen molar-refractivity contribution in [2.24, 2.45) is 0 Å². The molecule has 1 aliphatic rings. The lowest BCUT2D eigenvalue weighted by Crippen LogP contribution is -2.37. The highest BCUT2D eigenvalue weighted by Gasteiger charge is 2.10. The van der Waals surface area contributed by atoms with Crippen molar-refractivity contribution >= 4 is 0 Å². The number of hydrogen-bond acceptors (Lipinski definition) is 3. The minimum Gasteiger partial charge on any atom is -0.492 e. The van der Waals surface area contributed by atoms with Gasteiger partial charge in [0.25, 0.3) is 0 Å². The molecule has 3 rings (SSSR count). The lowest BCUT2D eigenvalue weighted by atomic mass is 10.1. The first kappa shape index (κ1) is 15.1. The van der Waals surface area contributed by atoms with Crippen LogP contribution in [0, 0.1) is 6.07 Å². The van der Waals surface area contributed by atoms with E-state index in [0.29, 0.717) is 0 Å². The van der Waals surface area contributed by atoms with Gasteiger partial charge in [-0.3, -0.25) is 4.90 Å². The van der Waals surface area contributed by atoms with Crippen molar-refractivity contribution in [2.75, 3.05) is 39.5 Å². The zero-order chi connectivity index (χ0) is 15.0. The number of morpholine rings is 1. The van der Waals surface area contributed by atoms with Gasteiger partial charge in [0.15, 0.2) is 0 Å². The van der Waals surface area contributed by atoms with Gasteiger partial charge in [-0.15, -0.1) is 0 Å². The third kappa shape index (κ3) is 4.09. The molecular weight excluding hydrogens is 274 g/mol. The van der Waals surface area contributed by atoms with E-state index in [1.165, 1.54) is 5.56 Å². The van der Waals surface area contributed by atoms with Gasteiger partial charge in [-0.05, 0) is 12.0 Å². The zero-order valence-electron chi connectivity index (χ0n) is 12.8. The molecule has 1 aliphatic heterocycles. The lowest BCUT2D eigenvalue weighted by molar-refractivity contribution is 0.0358. The van der Waals surface area contributed by atoms with Gasteiger partial charge in [-0.1, -0.05) is 48.5 Å². The van der Waals surface area contributed by atoms with Crippen LogP contribution in [0.3, 0.4) is 0 Å². The molecule has 1 heterocycles. The Morgan fingerprint density at radius 2 is 1.86 bits per heavy atom. The predicted octanol–water partition coefficient (Wildman–Crippen LogP) is 3.25. The first-order valence-corrected chi connectivity index (χ1v) is 7.92. The number of para-hydroxylation sites is 1. The van der Waals surface area contributed by atoms with E-state index in [-0.39, 0.29) is 0 Å². The average molecular weight is 296 g/mol. The van der Waals surface area contributed by atoms with Gasteiger partial charge in [0.1, 0.15) is 5.75 Å². The molecule has 1 saturated heterocycles. The van der Waals surface area contributed by atoms with E-state index in [1.54, 1.807) is 0 Å². The molecule has 2 aromatic rings. The molecule has 0 bridgehead atoms. The van der Waals surface area contributed by atoms with Gasteiger partial charge in [0.05, 0.1) is 19.8 Å². The fourth-order valence-electron chi connectivity index (χ4n) is 2.67. The molecule has 0 saturated carbocycles. The van der Waals surface area contributed by atoms with E-state index in [2.05, 4.69) is 29.2 Å². The summed E-state index contributed by atoms with van der Waals surface area (Å²) >= 11 is 0. The molecule has 22 heavy (non-hydrogen) atoms. The number of benzene rings is 2. The summed E-state index contributed by atoms with van der Waals surface area (Å²) in [5.41, 5.74) is 2.28. The summed E-state index contributed by atoms with van der Waals surface area (Å²) < 4.78 is 11.3. The summed E-state index contributed by atoms with van der Waals surface area (Å²) in [5, 5.41) is 0. The van der Waals surface area contributed by atoms with Gasteiger partial charge in [-0.25, -0.2) is 0 Å². The molecule has 115 valence electrons. The highest BCUT2D eigenvalue weighted by Crippen LogP contribution is 2.29. The maximum absolute atomic E-state index is 5.97. The largest absolute Gasteiger partial charge is 0.492 e. The molecule has 0 amide bonds. The number of ether oxygens (including phenoxy) is 2. The Morgan fingerprint density at radius 3 is 2.68 bits per heavy atom. The van der Waals surface area contributed by atoms with Gasteiger partial charge < -0.3 is 9.47 Å². The fourth-order valence-corrected chi connectivity index (χ4v) is 2.67. The van der Waals surface area contributed by atoms with Crippen molar-refractivity contribution in [3.63, 3.8) is 0 Å². The van der Waals surface area contributed by atoms with E-state index in [0.717, 1.165) is 57.2 Å². The highest BCUT2D eigenvalue weighted by atomic mass is 16.5. The average Bonchev–Trinajstić information content (AvgIpc) is 2.61. The monoisotopic (exact) mass is 296 g/mol. The van der Waals surface area contributed by atoms with Crippen molar-refractivity contribution in [3.05, 3.63) is 54.6 Å².